The summed E-state index contributed by atoms with van der Waals surface area (Å²) in [6.07, 6.45) is 1.69. The molecule has 3 heteroatoms. The van der Waals surface area contributed by atoms with Crippen molar-refractivity contribution in [1.29, 1.82) is 0 Å². The molecule has 0 bridgehead atoms. The quantitative estimate of drug-likeness (QED) is 0.872. The molecule has 0 amide bonds. The van der Waals surface area contributed by atoms with Crippen LogP contribution < -0.4 is 5.32 Å². The number of hydrogen-bond donors (Lipinski definition) is 1. The molecule has 1 heterocycles. The molecule has 0 saturated heterocycles. The van der Waals surface area contributed by atoms with E-state index in [-0.39, 0.29) is 12.1 Å². The van der Waals surface area contributed by atoms with E-state index in [4.69, 9.17) is 16.0 Å². The molecule has 1 unspecified atom stereocenters. The second-order valence-electron chi connectivity index (χ2n) is 4.18. The van der Waals surface area contributed by atoms with Crippen molar-refractivity contribution in [3.63, 3.8) is 0 Å². The van der Waals surface area contributed by atoms with Crippen LogP contribution in [0.4, 0.5) is 0 Å². The maximum Gasteiger partial charge on any atom is 0.120 e. The average Bonchev–Trinajstić information content (AvgIpc) is 2.83. The van der Waals surface area contributed by atoms with E-state index < -0.39 is 0 Å². The van der Waals surface area contributed by atoms with Crippen molar-refractivity contribution in [2.24, 2.45) is 0 Å². The second kappa shape index (κ2) is 5.39. The fraction of sp³-hybridized carbons (Fsp3) is 0.286. The van der Waals surface area contributed by atoms with Crippen LogP contribution in [-0.4, -0.2) is 0 Å². The smallest absolute Gasteiger partial charge is 0.120 e. The van der Waals surface area contributed by atoms with Gasteiger partial charge in [0.15, 0.2) is 0 Å². The first-order valence-electron chi connectivity index (χ1n) is 5.71. The molecule has 1 N–H and O–H groups in total. The fourth-order valence-corrected chi connectivity index (χ4v) is 1.97. The van der Waals surface area contributed by atoms with Crippen molar-refractivity contribution in [1.82, 2.24) is 5.32 Å². The van der Waals surface area contributed by atoms with E-state index in [9.17, 15) is 0 Å². The molecule has 0 saturated carbocycles. The highest BCUT2D eigenvalue weighted by molar-refractivity contribution is 6.30. The monoisotopic (exact) mass is 249 g/mol. The van der Waals surface area contributed by atoms with Gasteiger partial charge in [-0.15, -0.1) is 0 Å². The zero-order valence-electron chi connectivity index (χ0n) is 9.98. The van der Waals surface area contributed by atoms with Crippen molar-refractivity contribution in [3.8, 4) is 0 Å². The SMILES string of the molecule is CC(N[C@@H](C)c1ccc(Cl)cc1)c1ccco1. The predicted octanol–water partition coefficient (Wildman–Crippen LogP) is 4.34. The van der Waals surface area contributed by atoms with Crippen LogP contribution in [0.2, 0.25) is 5.02 Å². The van der Waals surface area contributed by atoms with Gasteiger partial charge in [-0.25, -0.2) is 0 Å². The van der Waals surface area contributed by atoms with Crippen LogP contribution in [0.5, 0.6) is 0 Å². The third-order valence-electron chi connectivity index (χ3n) is 2.84. The summed E-state index contributed by atoms with van der Waals surface area (Å²) in [7, 11) is 0. The minimum Gasteiger partial charge on any atom is -0.468 e. The molecule has 0 fully saturated rings. The van der Waals surface area contributed by atoms with Gasteiger partial charge in [0, 0.05) is 11.1 Å². The van der Waals surface area contributed by atoms with Crippen LogP contribution in [0.15, 0.2) is 47.1 Å². The first kappa shape index (κ1) is 12.2. The van der Waals surface area contributed by atoms with Crippen molar-refractivity contribution in [2.75, 3.05) is 0 Å². The lowest BCUT2D eigenvalue weighted by Gasteiger charge is -2.18. The lowest BCUT2D eigenvalue weighted by molar-refractivity contribution is 0.403. The zero-order chi connectivity index (χ0) is 12.3. The zero-order valence-corrected chi connectivity index (χ0v) is 10.7. The Morgan fingerprint density at radius 2 is 1.76 bits per heavy atom. The predicted molar refractivity (Wildman–Crippen MR) is 70.1 cm³/mol. The van der Waals surface area contributed by atoms with E-state index in [0.29, 0.717) is 0 Å². The van der Waals surface area contributed by atoms with Gasteiger partial charge in [-0.3, -0.25) is 0 Å². The summed E-state index contributed by atoms with van der Waals surface area (Å²) in [5, 5.41) is 4.25. The number of halogens is 1. The highest BCUT2D eigenvalue weighted by atomic mass is 35.5. The molecule has 0 aliphatic heterocycles. The number of nitrogens with one attached hydrogen (secondary N) is 1. The highest BCUT2D eigenvalue weighted by Crippen LogP contribution is 2.20. The Morgan fingerprint density at radius 3 is 2.35 bits per heavy atom. The number of benzene rings is 1. The number of hydrogen-bond acceptors (Lipinski definition) is 2. The highest BCUT2D eigenvalue weighted by Gasteiger charge is 2.12. The van der Waals surface area contributed by atoms with E-state index in [1.807, 2.05) is 36.4 Å². The maximum absolute atomic E-state index is 5.87. The summed E-state index contributed by atoms with van der Waals surface area (Å²) >= 11 is 5.87. The normalized spacial score (nSPS) is 14.5. The van der Waals surface area contributed by atoms with Gasteiger partial charge in [0.05, 0.1) is 12.3 Å². The van der Waals surface area contributed by atoms with E-state index in [1.165, 1.54) is 5.56 Å². The lowest BCUT2D eigenvalue weighted by Crippen LogP contribution is -2.22. The molecule has 90 valence electrons. The molecule has 1 aromatic carbocycles. The largest absolute Gasteiger partial charge is 0.468 e. The Hall–Kier alpha value is -1.25. The van der Waals surface area contributed by atoms with Gasteiger partial charge in [0.25, 0.3) is 0 Å². The Labute approximate surface area is 107 Å². The first-order valence-corrected chi connectivity index (χ1v) is 6.09. The molecule has 0 radical (unpaired) electrons. The number of furan rings is 1. The average molecular weight is 250 g/mol. The molecule has 1 aromatic heterocycles. The molecule has 17 heavy (non-hydrogen) atoms. The van der Waals surface area contributed by atoms with Gasteiger partial charge in [0.1, 0.15) is 5.76 Å². The molecular formula is C14H16ClNO. The summed E-state index contributed by atoms with van der Waals surface area (Å²) in [6.45, 7) is 4.22. The summed E-state index contributed by atoms with van der Waals surface area (Å²) in [4.78, 5) is 0. The molecule has 2 aromatic rings. The van der Waals surface area contributed by atoms with Crippen LogP contribution in [0.3, 0.4) is 0 Å². The minimum atomic E-state index is 0.190. The van der Waals surface area contributed by atoms with Crippen LogP contribution in [0, 0.1) is 0 Å². The van der Waals surface area contributed by atoms with Crippen LogP contribution >= 0.6 is 11.6 Å². The van der Waals surface area contributed by atoms with E-state index >= 15 is 0 Å². The second-order valence-corrected chi connectivity index (χ2v) is 4.61. The fourth-order valence-electron chi connectivity index (χ4n) is 1.84. The van der Waals surface area contributed by atoms with E-state index in [1.54, 1.807) is 6.26 Å². The topological polar surface area (TPSA) is 25.2 Å². The molecule has 2 rings (SSSR count). The van der Waals surface area contributed by atoms with Gasteiger partial charge in [-0.2, -0.15) is 0 Å². The van der Waals surface area contributed by atoms with Gasteiger partial charge < -0.3 is 9.73 Å². The lowest BCUT2D eigenvalue weighted by atomic mass is 10.1. The molecular weight excluding hydrogens is 234 g/mol. The molecule has 0 spiro atoms. The summed E-state index contributed by atoms with van der Waals surface area (Å²) in [6, 6.07) is 12.2. The van der Waals surface area contributed by atoms with E-state index in [0.717, 1.165) is 10.8 Å². The minimum absolute atomic E-state index is 0.190. The molecule has 0 aliphatic rings. The van der Waals surface area contributed by atoms with Gasteiger partial charge in [0.2, 0.25) is 0 Å². The van der Waals surface area contributed by atoms with Crippen LogP contribution in [-0.2, 0) is 0 Å². The molecule has 2 nitrogen and oxygen atoms in total. The van der Waals surface area contributed by atoms with Gasteiger partial charge in [-0.1, -0.05) is 23.7 Å². The summed E-state index contributed by atoms with van der Waals surface area (Å²) in [5.41, 5.74) is 1.22. The van der Waals surface area contributed by atoms with Crippen molar-refractivity contribution >= 4 is 11.6 Å². The van der Waals surface area contributed by atoms with Crippen molar-refractivity contribution < 1.29 is 4.42 Å². The number of rotatable bonds is 4. The van der Waals surface area contributed by atoms with Gasteiger partial charge in [-0.05, 0) is 43.7 Å². The third-order valence-corrected chi connectivity index (χ3v) is 3.09. The molecule has 0 aliphatic carbocycles. The Bertz CT molecular complexity index is 450. The maximum atomic E-state index is 5.87. The van der Waals surface area contributed by atoms with Crippen LogP contribution in [0.25, 0.3) is 0 Å². The first-order chi connectivity index (χ1) is 8.16. The third kappa shape index (κ3) is 3.11. The van der Waals surface area contributed by atoms with Crippen molar-refractivity contribution in [2.45, 2.75) is 25.9 Å². The van der Waals surface area contributed by atoms with Crippen molar-refractivity contribution in [3.05, 3.63) is 59.0 Å². The standard InChI is InChI=1S/C14H16ClNO/c1-10(12-5-7-13(15)8-6-12)16-11(2)14-4-3-9-17-14/h3-11,16H,1-2H3/t10-,11?/m0/s1. The molecule has 2 atom stereocenters. The summed E-state index contributed by atoms with van der Waals surface area (Å²) in [5.74, 6) is 0.950. The van der Waals surface area contributed by atoms with Crippen LogP contribution in [0.1, 0.15) is 37.3 Å². The van der Waals surface area contributed by atoms with E-state index in [2.05, 4.69) is 19.2 Å². The Balaban J connectivity index is 2.01. The summed E-state index contributed by atoms with van der Waals surface area (Å²) < 4.78 is 5.37. The Kier molecular flexibility index (Phi) is 3.87. The van der Waals surface area contributed by atoms with Gasteiger partial charge >= 0.3 is 0 Å². The Morgan fingerprint density at radius 1 is 1.06 bits per heavy atom.